The number of thioether (sulfide) groups is 1. The number of carbonyl (C=O) groups excluding carboxylic acids is 2. The predicted molar refractivity (Wildman–Crippen MR) is 74.4 cm³/mol. The zero-order valence-electron chi connectivity index (χ0n) is 11.6. The number of amides is 1. The molecule has 0 aliphatic heterocycles. The highest BCUT2D eigenvalue weighted by molar-refractivity contribution is 8.00. The summed E-state index contributed by atoms with van der Waals surface area (Å²) in [6.07, 6.45) is 0.579. The third-order valence-electron chi connectivity index (χ3n) is 2.36. The van der Waals surface area contributed by atoms with Gasteiger partial charge in [-0.15, -0.1) is 11.8 Å². The Hall–Kier alpha value is -0.750. The molecule has 2 unspecified atom stereocenters. The zero-order chi connectivity index (χ0) is 14.1. The van der Waals surface area contributed by atoms with E-state index < -0.39 is 12.0 Å². The Balaban J connectivity index is 4.22. The van der Waals surface area contributed by atoms with Gasteiger partial charge in [0.2, 0.25) is 5.91 Å². The number of esters is 1. The van der Waals surface area contributed by atoms with Gasteiger partial charge in [-0.2, -0.15) is 0 Å². The van der Waals surface area contributed by atoms with E-state index in [1.807, 2.05) is 20.8 Å². The monoisotopic (exact) mass is 276 g/mol. The molecule has 106 valence electrons. The van der Waals surface area contributed by atoms with Crippen LogP contribution in [0.15, 0.2) is 0 Å². The van der Waals surface area contributed by atoms with Crippen LogP contribution in [0, 0.1) is 5.92 Å². The highest BCUT2D eigenvalue weighted by Crippen LogP contribution is 2.10. The van der Waals surface area contributed by atoms with Gasteiger partial charge in [0.15, 0.2) is 0 Å². The van der Waals surface area contributed by atoms with Crippen LogP contribution in [-0.2, 0) is 14.3 Å². The molecule has 3 N–H and O–H groups in total. The lowest BCUT2D eigenvalue weighted by Crippen LogP contribution is -2.43. The van der Waals surface area contributed by atoms with Gasteiger partial charge < -0.3 is 15.8 Å². The first-order valence-electron chi connectivity index (χ1n) is 6.09. The molecule has 0 saturated carbocycles. The summed E-state index contributed by atoms with van der Waals surface area (Å²) < 4.78 is 4.68. The summed E-state index contributed by atoms with van der Waals surface area (Å²) in [6, 6.07) is -0.559. The second-order valence-corrected chi connectivity index (χ2v) is 6.06. The minimum atomic E-state index is -0.559. The van der Waals surface area contributed by atoms with E-state index in [0.29, 0.717) is 24.6 Å². The van der Waals surface area contributed by atoms with Gasteiger partial charge in [0.1, 0.15) is 6.04 Å². The number of hydrogen-bond donors (Lipinski definition) is 2. The van der Waals surface area contributed by atoms with E-state index in [-0.39, 0.29) is 11.2 Å². The maximum absolute atomic E-state index is 11.7. The predicted octanol–water partition coefficient (Wildman–Crippen LogP) is 0.771. The SMILES string of the molecule is COC(=O)C(CC(C)C)NC(=O)CSC(C)CN. The summed E-state index contributed by atoms with van der Waals surface area (Å²) in [5, 5.41) is 2.94. The van der Waals surface area contributed by atoms with Gasteiger partial charge in [-0.05, 0) is 12.3 Å². The van der Waals surface area contributed by atoms with Gasteiger partial charge in [0, 0.05) is 11.8 Å². The minimum absolute atomic E-state index is 0.156. The van der Waals surface area contributed by atoms with Crippen molar-refractivity contribution in [2.45, 2.75) is 38.5 Å². The maximum Gasteiger partial charge on any atom is 0.328 e. The third kappa shape index (κ3) is 7.55. The second-order valence-electron chi connectivity index (χ2n) is 4.63. The van der Waals surface area contributed by atoms with Crippen LogP contribution >= 0.6 is 11.8 Å². The molecular formula is C12H24N2O3S. The number of carbonyl (C=O) groups is 2. The fourth-order valence-electron chi connectivity index (χ4n) is 1.35. The number of methoxy groups -OCH3 is 1. The fourth-order valence-corrected chi connectivity index (χ4v) is 2.01. The van der Waals surface area contributed by atoms with Crippen molar-refractivity contribution in [3.8, 4) is 0 Å². The van der Waals surface area contributed by atoms with E-state index in [1.54, 1.807) is 0 Å². The smallest absolute Gasteiger partial charge is 0.328 e. The van der Waals surface area contributed by atoms with Crippen molar-refractivity contribution >= 4 is 23.6 Å². The highest BCUT2D eigenvalue weighted by atomic mass is 32.2. The Labute approximate surface area is 113 Å². The Morgan fingerprint density at radius 2 is 1.94 bits per heavy atom. The molecule has 0 fully saturated rings. The summed E-state index contributed by atoms with van der Waals surface area (Å²) in [5.74, 6) is 0.0690. The van der Waals surface area contributed by atoms with Gasteiger partial charge in [-0.3, -0.25) is 4.79 Å². The topological polar surface area (TPSA) is 81.4 Å². The molecule has 0 rings (SSSR count). The van der Waals surface area contributed by atoms with Crippen molar-refractivity contribution in [1.82, 2.24) is 5.32 Å². The first kappa shape index (κ1) is 17.2. The quantitative estimate of drug-likeness (QED) is 0.640. The van der Waals surface area contributed by atoms with Gasteiger partial charge in [0.05, 0.1) is 12.9 Å². The van der Waals surface area contributed by atoms with Crippen molar-refractivity contribution in [2.24, 2.45) is 11.7 Å². The second kappa shape index (κ2) is 9.22. The van der Waals surface area contributed by atoms with Gasteiger partial charge >= 0.3 is 5.97 Å². The molecule has 0 aliphatic carbocycles. The van der Waals surface area contributed by atoms with E-state index >= 15 is 0 Å². The molecule has 0 aromatic carbocycles. The van der Waals surface area contributed by atoms with Crippen molar-refractivity contribution in [1.29, 1.82) is 0 Å². The first-order chi connectivity index (χ1) is 8.40. The number of rotatable bonds is 8. The molecule has 18 heavy (non-hydrogen) atoms. The maximum atomic E-state index is 11.7. The van der Waals surface area contributed by atoms with Crippen LogP contribution in [0.2, 0.25) is 0 Å². The van der Waals surface area contributed by atoms with E-state index in [2.05, 4.69) is 10.1 Å². The highest BCUT2D eigenvalue weighted by Gasteiger charge is 2.22. The van der Waals surface area contributed by atoms with E-state index in [0.717, 1.165) is 0 Å². The number of nitrogens with one attached hydrogen (secondary N) is 1. The van der Waals surface area contributed by atoms with E-state index in [1.165, 1.54) is 18.9 Å². The van der Waals surface area contributed by atoms with E-state index in [4.69, 9.17) is 5.73 Å². The van der Waals surface area contributed by atoms with Crippen molar-refractivity contribution < 1.29 is 14.3 Å². The fraction of sp³-hybridized carbons (Fsp3) is 0.833. The molecule has 0 heterocycles. The Kier molecular flexibility index (Phi) is 8.83. The molecule has 0 bridgehead atoms. The van der Waals surface area contributed by atoms with Crippen molar-refractivity contribution in [3.63, 3.8) is 0 Å². The Morgan fingerprint density at radius 3 is 2.39 bits per heavy atom. The number of nitrogens with two attached hydrogens (primary N) is 1. The molecule has 6 heteroatoms. The lowest BCUT2D eigenvalue weighted by molar-refractivity contribution is -0.145. The van der Waals surface area contributed by atoms with Crippen molar-refractivity contribution in [3.05, 3.63) is 0 Å². The third-order valence-corrected chi connectivity index (χ3v) is 3.55. The number of hydrogen-bond acceptors (Lipinski definition) is 5. The average molecular weight is 276 g/mol. The summed E-state index contributed by atoms with van der Waals surface area (Å²) in [4.78, 5) is 23.2. The lowest BCUT2D eigenvalue weighted by Gasteiger charge is -2.18. The van der Waals surface area contributed by atoms with Gasteiger partial charge in [-0.25, -0.2) is 4.79 Å². The zero-order valence-corrected chi connectivity index (χ0v) is 12.4. The molecular weight excluding hydrogens is 252 g/mol. The molecule has 1 amide bonds. The standard InChI is InChI=1S/C12H24N2O3S/c1-8(2)5-10(12(16)17-4)14-11(15)7-18-9(3)6-13/h8-10H,5-7,13H2,1-4H3,(H,14,15). The summed E-state index contributed by atoms with van der Waals surface area (Å²) in [7, 11) is 1.33. The van der Waals surface area contributed by atoms with Crippen LogP contribution in [-0.4, -0.2) is 42.6 Å². The van der Waals surface area contributed by atoms with Gasteiger partial charge in [-0.1, -0.05) is 20.8 Å². The summed E-state index contributed by atoms with van der Waals surface area (Å²) in [5.41, 5.74) is 5.47. The summed E-state index contributed by atoms with van der Waals surface area (Å²) in [6.45, 7) is 6.48. The number of ether oxygens (including phenoxy) is 1. The molecule has 5 nitrogen and oxygen atoms in total. The van der Waals surface area contributed by atoms with Crippen molar-refractivity contribution in [2.75, 3.05) is 19.4 Å². The molecule has 0 radical (unpaired) electrons. The minimum Gasteiger partial charge on any atom is -0.467 e. The molecule has 0 aromatic rings. The Bertz CT molecular complexity index is 272. The van der Waals surface area contributed by atoms with Crippen LogP contribution in [0.5, 0.6) is 0 Å². The molecule has 0 saturated heterocycles. The van der Waals surface area contributed by atoms with Crippen LogP contribution in [0.3, 0.4) is 0 Å². The van der Waals surface area contributed by atoms with Crippen LogP contribution in [0.4, 0.5) is 0 Å². The summed E-state index contributed by atoms with van der Waals surface area (Å²) >= 11 is 1.48. The molecule has 2 atom stereocenters. The Morgan fingerprint density at radius 1 is 1.33 bits per heavy atom. The largest absolute Gasteiger partial charge is 0.467 e. The lowest BCUT2D eigenvalue weighted by atomic mass is 10.0. The molecule has 0 spiro atoms. The van der Waals surface area contributed by atoms with Crippen LogP contribution < -0.4 is 11.1 Å². The molecule has 0 aromatic heterocycles. The van der Waals surface area contributed by atoms with Gasteiger partial charge in [0.25, 0.3) is 0 Å². The average Bonchev–Trinajstić information content (AvgIpc) is 2.33. The normalized spacial score (nSPS) is 14.1. The van der Waals surface area contributed by atoms with E-state index in [9.17, 15) is 9.59 Å². The van der Waals surface area contributed by atoms with Crippen LogP contribution in [0.1, 0.15) is 27.2 Å². The van der Waals surface area contributed by atoms with Crippen LogP contribution in [0.25, 0.3) is 0 Å². The molecule has 0 aliphatic rings. The first-order valence-corrected chi connectivity index (χ1v) is 7.14.